The van der Waals surface area contributed by atoms with E-state index in [0.29, 0.717) is 5.69 Å². The van der Waals surface area contributed by atoms with Crippen molar-refractivity contribution >= 4 is 17.6 Å². The van der Waals surface area contributed by atoms with Crippen LogP contribution in [0.15, 0.2) is 42.5 Å². The van der Waals surface area contributed by atoms with Gasteiger partial charge in [0.1, 0.15) is 5.75 Å². The van der Waals surface area contributed by atoms with Crippen LogP contribution in [0.1, 0.15) is 29.0 Å². The van der Waals surface area contributed by atoms with Crippen molar-refractivity contribution in [3.63, 3.8) is 0 Å². The zero-order valence-electron chi connectivity index (χ0n) is 15.9. The maximum absolute atomic E-state index is 12.6. The summed E-state index contributed by atoms with van der Waals surface area (Å²) in [7, 11) is 4.14. The number of rotatable bonds is 4. The molecular formula is C21H23NO5. The molecule has 0 aromatic heterocycles. The van der Waals surface area contributed by atoms with Crippen LogP contribution in [0.4, 0.5) is 5.69 Å². The number of carbonyl (C=O) groups is 2. The van der Waals surface area contributed by atoms with E-state index in [4.69, 9.17) is 14.2 Å². The number of methoxy groups -OCH3 is 3. The highest BCUT2D eigenvalue weighted by Crippen LogP contribution is 2.44. The molecule has 1 unspecified atom stereocenters. The Bertz CT molecular complexity index is 843. The average molecular weight is 369 g/mol. The van der Waals surface area contributed by atoms with Gasteiger partial charge < -0.3 is 19.5 Å². The Morgan fingerprint density at radius 3 is 2.19 bits per heavy atom. The van der Waals surface area contributed by atoms with Crippen molar-refractivity contribution in [3.8, 4) is 5.75 Å². The largest absolute Gasteiger partial charge is 0.497 e. The third-order valence-corrected chi connectivity index (χ3v) is 5.03. The second kappa shape index (κ2) is 7.31. The number of fused-ring (bicyclic) bond motifs is 1. The topological polar surface area (TPSA) is 73.9 Å². The molecule has 0 spiro atoms. The summed E-state index contributed by atoms with van der Waals surface area (Å²) >= 11 is 0. The molecule has 3 rings (SSSR count). The van der Waals surface area contributed by atoms with Gasteiger partial charge in [0.15, 0.2) is 0 Å². The van der Waals surface area contributed by atoms with Crippen LogP contribution in [0.25, 0.3) is 0 Å². The number of benzene rings is 2. The summed E-state index contributed by atoms with van der Waals surface area (Å²) in [6, 6.07) is 13.5. The molecule has 1 N–H and O–H groups in total. The van der Waals surface area contributed by atoms with E-state index in [1.54, 1.807) is 7.11 Å². The Morgan fingerprint density at radius 1 is 1.00 bits per heavy atom. The number of ether oxygens (including phenoxy) is 3. The number of aryl methyl sites for hydroxylation is 1. The molecule has 1 atom stereocenters. The molecule has 1 heterocycles. The van der Waals surface area contributed by atoms with Crippen LogP contribution < -0.4 is 10.1 Å². The Balaban J connectivity index is 2.16. The minimum absolute atomic E-state index is 0.190. The van der Waals surface area contributed by atoms with Gasteiger partial charge in [0, 0.05) is 18.0 Å². The van der Waals surface area contributed by atoms with E-state index in [9.17, 15) is 9.59 Å². The number of esters is 2. The number of hydrogen-bond donors (Lipinski definition) is 1. The Kier molecular flexibility index (Phi) is 5.08. The quantitative estimate of drug-likeness (QED) is 0.660. The van der Waals surface area contributed by atoms with Crippen LogP contribution in [0.3, 0.4) is 0 Å². The molecule has 6 heteroatoms. The zero-order valence-corrected chi connectivity index (χ0v) is 15.9. The lowest BCUT2D eigenvalue weighted by Gasteiger charge is -2.39. The third-order valence-electron chi connectivity index (χ3n) is 5.03. The predicted molar refractivity (Wildman–Crippen MR) is 101 cm³/mol. The summed E-state index contributed by atoms with van der Waals surface area (Å²) in [5, 5.41) is 3.09. The smallest absolute Gasteiger partial charge is 0.343 e. The molecule has 0 saturated heterocycles. The van der Waals surface area contributed by atoms with Gasteiger partial charge in [0.05, 0.1) is 21.3 Å². The molecular weight excluding hydrogens is 346 g/mol. The fourth-order valence-electron chi connectivity index (χ4n) is 3.62. The monoisotopic (exact) mass is 369 g/mol. The van der Waals surface area contributed by atoms with Crippen LogP contribution in [-0.2, 0) is 19.1 Å². The average Bonchev–Trinajstić information content (AvgIpc) is 2.71. The molecule has 0 amide bonds. The standard InChI is InChI=1S/C21H23NO5/c1-13-5-10-18-16(11-13)17(14-6-8-15(25-2)9-7-14)12-21(22-18,19(23)26-3)20(24)27-4/h5-11,17,22H,12H2,1-4H3. The summed E-state index contributed by atoms with van der Waals surface area (Å²) in [5.41, 5.74) is 2.20. The molecule has 142 valence electrons. The number of anilines is 1. The van der Waals surface area contributed by atoms with Gasteiger partial charge >= 0.3 is 11.9 Å². The molecule has 0 bridgehead atoms. The van der Waals surface area contributed by atoms with E-state index in [0.717, 1.165) is 22.4 Å². The molecule has 0 fully saturated rings. The minimum atomic E-state index is -1.60. The number of nitrogens with one attached hydrogen (secondary N) is 1. The van der Waals surface area contributed by atoms with Crippen LogP contribution in [0.2, 0.25) is 0 Å². The summed E-state index contributed by atoms with van der Waals surface area (Å²) < 4.78 is 15.1. The van der Waals surface area contributed by atoms with E-state index in [1.807, 2.05) is 43.3 Å². The summed E-state index contributed by atoms with van der Waals surface area (Å²) in [5.74, 6) is -0.784. The first-order chi connectivity index (χ1) is 12.9. The van der Waals surface area contributed by atoms with Crippen LogP contribution in [0.5, 0.6) is 5.75 Å². The summed E-state index contributed by atoms with van der Waals surface area (Å²) in [6.45, 7) is 2.01. The lowest BCUT2D eigenvalue weighted by atomic mass is 9.75. The van der Waals surface area contributed by atoms with E-state index >= 15 is 0 Å². The fraction of sp³-hybridized carbons (Fsp3) is 0.333. The lowest BCUT2D eigenvalue weighted by molar-refractivity contribution is -0.160. The van der Waals surface area contributed by atoms with E-state index < -0.39 is 17.5 Å². The maximum atomic E-state index is 12.6. The molecule has 27 heavy (non-hydrogen) atoms. The highest BCUT2D eigenvalue weighted by atomic mass is 16.5. The van der Waals surface area contributed by atoms with Crippen molar-refractivity contribution < 1.29 is 23.8 Å². The molecule has 2 aromatic carbocycles. The SMILES string of the molecule is COC(=O)C1(C(=O)OC)CC(c2ccc(OC)cc2)c2cc(C)ccc2N1. The van der Waals surface area contributed by atoms with Crippen LogP contribution in [-0.4, -0.2) is 38.8 Å². The van der Waals surface area contributed by atoms with Gasteiger partial charge in [-0.1, -0.05) is 29.8 Å². The predicted octanol–water partition coefficient (Wildman–Crippen LogP) is 3.04. The van der Waals surface area contributed by atoms with Gasteiger partial charge in [-0.05, 0) is 36.2 Å². The minimum Gasteiger partial charge on any atom is -0.497 e. The molecule has 0 saturated carbocycles. The van der Waals surface area contributed by atoms with Crippen molar-refractivity contribution in [1.82, 2.24) is 0 Å². The maximum Gasteiger partial charge on any atom is 0.343 e. The molecule has 1 aliphatic rings. The van der Waals surface area contributed by atoms with Crippen molar-refractivity contribution in [1.29, 1.82) is 0 Å². The third kappa shape index (κ3) is 3.23. The van der Waals surface area contributed by atoms with Crippen molar-refractivity contribution in [3.05, 3.63) is 59.2 Å². The van der Waals surface area contributed by atoms with Crippen molar-refractivity contribution in [2.24, 2.45) is 0 Å². The van der Waals surface area contributed by atoms with Gasteiger partial charge in [-0.15, -0.1) is 0 Å². The van der Waals surface area contributed by atoms with Gasteiger partial charge in [0.2, 0.25) is 5.54 Å². The zero-order chi connectivity index (χ0) is 19.6. The van der Waals surface area contributed by atoms with Gasteiger partial charge in [-0.3, -0.25) is 0 Å². The Hall–Kier alpha value is -3.02. The first-order valence-electron chi connectivity index (χ1n) is 8.64. The van der Waals surface area contributed by atoms with Crippen molar-refractivity contribution in [2.75, 3.05) is 26.6 Å². The van der Waals surface area contributed by atoms with Crippen molar-refractivity contribution in [2.45, 2.75) is 24.8 Å². The number of hydrogen-bond acceptors (Lipinski definition) is 6. The molecule has 1 aliphatic heterocycles. The second-order valence-electron chi connectivity index (χ2n) is 6.63. The highest BCUT2D eigenvalue weighted by Gasteiger charge is 2.53. The first-order valence-corrected chi connectivity index (χ1v) is 8.64. The summed E-state index contributed by atoms with van der Waals surface area (Å²) in [6.07, 6.45) is 0.190. The molecule has 0 aliphatic carbocycles. The van der Waals surface area contributed by atoms with E-state index in [2.05, 4.69) is 11.4 Å². The second-order valence-corrected chi connectivity index (χ2v) is 6.63. The fourth-order valence-corrected chi connectivity index (χ4v) is 3.62. The highest BCUT2D eigenvalue weighted by molar-refractivity contribution is 6.08. The van der Waals surface area contributed by atoms with E-state index in [1.165, 1.54) is 14.2 Å². The first kappa shape index (κ1) is 18.8. The van der Waals surface area contributed by atoms with Gasteiger partial charge in [-0.25, -0.2) is 9.59 Å². The van der Waals surface area contributed by atoms with Gasteiger partial charge in [-0.2, -0.15) is 0 Å². The number of carbonyl (C=O) groups excluding carboxylic acids is 2. The molecule has 0 radical (unpaired) electrons. The molecule has 2 aromatic rings. The van der Waals surface area contributed by atoms with E-state index in [-0.39, 0.29) is 12.3 Å². The lowest BCUT2D eigenvalue weighted by Crippen LogP contribution is -2.57. The normalized spacial score (nSPS) is 17.3. The van der Waals surface area contributed by atoms with Crippen LogP contribution >= 0.6 is 0 Å². The summed E-state index contributed by atoms with van der Waals surface area (Å²) in [4.78, 5) is 25.3. The van der Waals surface area contributed by atoms with Gasteiger partial charge in [0.25, 0.3) is 0 Å². The molecule has 6 nitrogen and oxygen atoms in total. The van der Waals surface area contributed by atoms with Crippen LogP contribution in [0, 0.1) is 6.92 Å². The Labute approximate surface area is 158 Å². The Morgan fingerprint density at radius 2 is 1.63 bits per heavy atom.